The van der Waals surface area contributed by atoms with Crippen LogP contribution in [0.4, 0.5) is 0 Å². The minimum atomic E-state index is -0.186. The number of imidazole rings is 1. The number of piperidine rings is 1. The molecular weight excluding hydrogens is 378 g/mol. The molecule has 0 unspecified atom stereocenters. The fourth-order valence-electron chi connectivity index (χ4n) is 4.39. The lowest BCUT2D eigenvalue weighted by Crippen LogP contribution is -2.40. The summed E-state index contributed by atoms with van der Waals surface area (Å²) in [5.41, 5.74) is 1.71. The van der Waals surface area contributed by atoms with Gasteiger partial charge in [-0.1, -0.05) is 30.3 Å². The van der Waals surface area contributed by atoms with Gasteiger partial charge in [-0.15, -0.1) is 0 Å². The molecule has 1 saturated heterocycles. The average Bonchev–Trinajstić information content (AvgIpc) is 3.21. The van der Waals surface area contributed by atoms with Gasteiger partial charge in [-0.05, 0) is 50.8 Å². The lowest BCUT2D eigenvalue weighted by molar-refractivity contribution is 0.0707. The molecule has 3 heterocycles. The van der Waals surface area contributed by atoms with Crippen LogP contribution in [0.15, 0.2) is 36.5 Å². The van der Waals surface area contributed by atoms with Crippen molar-refractivity contribution in [3.63, 3.8) is 0 Å². The van der Waals surface area contributed by atoms with Crippen LogP contribution in [-0.4, -0.2) is 63.9 Å². The van der Waals surface area contributed by atoms with Gasteiger partial charge in [0, 0.05) is 38.9 Å². The summed E-state index contributed by atoms with van der Waals surface area (Å²) in [5, 5.41) is 2.99. The molecule has 2 aromatic rings. The van der Waals surface area contributed by atoms with E-state index in [1.165, 1.54) is 18.4 Å². The largest absolute Gasteiger partial charge is 0.351 e. The fourth-order valence-corrected chi connectivity index (χ4v) is 4.39. The molecule has 7 heteroatoms. The highest BCUT2D eigenvalue weighted by molar-refractivity contribution is 5.96. The molecule has 1 N–H and O–H groups in total. The Hall–Kier alpha value is -2.67. The number of likely N-dealkylation sites (tertiary alicyclic amines) is 1. The number of nitrogens with one attached hydrogen (secondary N) is 1. The van der Waals surface area contributed by atoms with E-state index < -0.39 is 0 Å². The number of nitrogens with zero attached hydrogens (tertiary/aromatic N) is 4. The first-order chi connectivity index (χ1) is 14.6. The van der Waals surface area contributed by atoms with Crippen molar-refractivity contribution in [1.29, 1.82) is 0 Å². The Balaban J connectivity index is 1.20. The lowest BCUT2D eigenvalue weighted by Gasteiger charge is -2.32. The predicted molar refractivity (Wildman–Crippen MR) is 115 cm³/mol. The molecular formula is C23H31N5O2. The molecule has 1 fully saturated rings. The first-order valence-electron chi connectivity index (χ1n) is 11.0. The number of carbonyl (C=O) groups is 2. The summed E-state index contributed by atoms with van der Waals surface area (Å²) >= 11 is 0. The molecule has 2 aliphatic heterocycles. The first kappa shape index (κ1) is 20.6. The van der Waals surface area contributed by atoms with Crippen molar-refractivity contribution in [3.05, 3.63) is 53.6 Å². The minimum absolute atomic E-state index is 0.0925. The summed E-state index contributed by atoms with van der Waals surface area (Å²) in [4.78, 5) is 33.4. The van der Waals surface area contributed by atoms with E-state index in [0.29, 0.717) is 43.6 Å². The molecule has 0 radical (unpaired) electrons. The third kappa shape index (κ3) is 4.73. The number of aromatic nitrogens is 2. The number of hydrogen-bond donors (Lipinski definition) is 1. The second-order valence-corrected chi connectivity index (χ2v) is 8.28. The van der Waals surface area contributed by atoms with Crippen LogP contribution >= 0.6 is 0 Å². The normalized spacial score (nSPS) is 17.8. The molecule has 2 aliphatic rings. The maximum absolute atomic E-state index is 12.5. The molecule has 0 bridgehead atoms. The van der Waals surface area contributed by atoms with Crippen LogP contribution in [0.1, 0.15) is 52.9 Å². The van der Waals surface area contributed by atoms with Crippen LogP contribution in [0.5, 0.6) is 0 Å². The highest BCUT2D eigenvalue weighted by Gasteiger charge is 2.27. The van der Waals surface area contributed by atoms with Crippen LogP contribution in [0.3, 0.4) is 0 Å². The summed E-state index contributed by atoms with van der Waals surface area (Å²) in [6, 6.07) is 10.6. The second kappa shape index (κ2) is 9.43. The summed E-state index contributed by atoms with van der Waals surface area (Å²) < 4.78 is 1.80. The molecule has 160 valence electrons. The summed E-state index contributed by atoms with van der Waals surface area (Å²) in [7, 11) is 0. The van der Waals surface area contributed by atoms with E-state index in [1.807, 2.05) is 6.92 Å². The number of hydrogen-bond acceptors (Lipinski definition) is 4. The maximum Gasteiger partial charge on any atom is 0.289 e. The molecule has 1 aromatic heterocycles. The van der Waals surface area contributed by atoms with Crippen molar-refractivity contribution < 1.29 is 9.59 Å². The monoisotopic (exact) mass is 409 g/mol. The number of amides is 2. The summed E-state index contributed by atoms with van der Waals surface area (Å²) in [5.74, 6) is 0.741. The number of carbonyl (C=O) groups excluding carboxylic acids is 2. The van der Waals surface area contributed by atoms with E-state index >= 15 is 0 Å². The number of benzene rings is 1. The maximum atomic E-state index is 12.5. The highest BCUT2D eigenvalue weighted by atomic mass is 16.2. The van der Waals surface area contributed by atoms with Crippen molar-refractivity contribution in [3.8, 4) is 0 Å². The van der Waals surface area contributed by atoms with E-state index in [1.54, 1.807) is 15.7 Å². The number of likely N-dealkylation sites (N-methyl/N-ethyl adjacent to an activating group) is 1. The van der Waals surface area contributed by atoms with Gasteiger partial charge in [-0.3, -0.25) is 14.5 Å². The van der Waals surface area contributed by atoms with Gasteiger partial charge in [0.25, 0.3) is 11.8 Å². The topological polar surface area (TPSA) is 70.5 Å². The Labute approximate surface area is 178 Å². The summed E-state index contributed by atoms with van der Waals surface area (Å²) in [6.45, 7) is 7.87. The average molecular weight is 410 g/mol. The van der Waals surface area contributed by atoms with Gasteiger partial charge in [0.1, 0.15) is 5.69 Å². The Bertz CT molecular complexity index is 871. The summed E-state index contributed by atoms with van der Waals surface area (Å²) in [6.07, 6.45) is 5.03. The standard InChI is InChI=1S/C23H31N5O2/c1-2-27-14-15-28-17-20(25-21(28)23(27)30)22(29)24-11-8-18-9-12-26(13-10-18)16-19-6-4-3-5-7-19/h3-7,17-18H,2,8-16H2,1H3,(H,24,29). The van der Waals surface area contributed by atoms with Crippen molar-refractivity contribution in [2.75, 3.05) is 32.7 Å². The van der Waals surface area contributed by atoms with Crippen molar-refractivity contribution in [2.24, 2.45) is 5.92 Å². The van der Waals surface area contributed by atoms with Gasteiger partial charge in [0.2, 0.25) is 0 Å². The third-order valence-corrected chi connectivity index (χ3v) is 6.27. The van der Waals surface area contributed by atoms with Crippen LogP contribution in [0.25, 0.3) is 0 Å². The Morgan fingerprint density at radius 2 is 1.90 bits per heavy atom. The first-order valence-corrected chi connectivity index (χ1v) is 11.0. The quantitative estimate of drug-likeness (QED) is 0.762. The zero-order valence-electron chi connectivity index (χ0n) is 17.7. The smallest absolute Gasteiger partial charge is 0.289 e. The molecule has 0 atom stereocenters. The number of rotatable bonds is 7. The predicted octanol–water partition coefficient (Wildman–Crippen LogP) is 2.39. The van der Waals surface area contributed by atoms with Crippen LogP contribution in [0.2, 0.25) is 0 Å². The molecule has 2 amide bonds. The zero-order chi connectivity index (χ0) is 20.9. The third-order valence-electron chi connectivity index (χ3n) is 6.27. The van der Waals surface area contributed by atoms with Gasteiger partial charge in [0.15, 0.2) is 5.82 Å². The minimum Gasteiger partial charge on any atom is -0.351 e. The SMILES string of the molecule is CCN1CCn2cc(C(=O)NCCC3CCN(Cc4ccccc4)CC3)nc2C1=O. The van der Waals surface area contributed by atoms with E-state index in [0.717, 1.165) is 26.1 Å². The van der Waals surface area contributed by atoms with Gasteiger partial charge >= 0.3 is 0 Å². The Morgan fingerprint density at radius 3 is 2.63 bits per heavy atom. The lowest BCUT2D eigenvalue weighted by atomic mass is 9.93. The van der Waals surface area contributed by atoms with Gasteiger partial charge < -0.3 is 14.8 Å². The van der Waals surface area contributed by atoms with Gasteiger partial charge in [-0.2, -0.15) is 0 Å². The fraction of sp³-hybridized carbons (Fsp3) is 0.522. The van der Waals surface area contributed by atoms with Crippen LogP contribution < -0.4 is 5.32 Å². The number of fused-ring (bicyclic) bond motifs is 1. The Kier molecular flexibility index (Phi) is 6.47. The molecule has 0 saturated carbocycles. The molecule has 0 spiro atoms. The van der Waals surface area contributed by atoms with E-state index in [-0.39, 0.29) is 11.8 Å². The van der Waals surface area contributed by atoms with Crippen LogP contribution in [-0.2, 0) is 13.1 Å². The molecule has 1 aromatic carbocycles. The van der Waals surface area contributed by atoms with Crippen molar-refractivity contribution in [1.82, 2.24) is 24.7 Å². The Morgan fingerprint density at radius 1 is 1.13 bits per heavy atom. The molecule has 4 rings (SSSR count). The van der Waals surface area contributed by atoms with E-state index in [2.05, 4.69) is 45.5 Å². The molecule has 0 aliphatic carbocycles. The molecule has 7 nitrogen and oxygen atoms in total. The van der Waals surface area contributed by atoms with Gasteiger partial charge in [-0.25, -0.2) is 4.98 Å². The van der Waals surface area contributed by atoms with E-state index in [4.69, 9.17) is 0 Å². The highest BCUT2D eigenvalue weighted by Crippen LogP contribution is 2.21. The van der Waals surface area contributed by atoms with Crippen LogP contribution in [0, 0.1) is 5.92 Å². The van der Waals surface area contributed by atoms with E-state index in [9.17, 15) is 9.59 Å². The zero-order valence-corrected chi connectivity index (χ0v) is 17.7. The van der Waals surface area contributed by atoms with Crippen molar-refractivity contribution >= 4 is 11.8 Å². The van der Waals surface area contributed by atoms with Crippen molar-refractivity contribution in [2.45, 2.75) is 39.3 Å². The van der Waals surface area contributed by atoms with Gasteiger partial charge in [0.05, 0.1) is 0 Å². The second-order valence-electron chi connectivity index (χ2n) is 8.28. The molecule has 30 heavy (non-hydrogen) atoms.